The molecule has 4 heteroatoms. The number of methoxy groups -OCH3 is 1. The average Bonchev–Trinajstić information content (AvgIpc) is 2.27. The third kappa shape index (κ3) is 3.38. The van der Waals surface area contributed by atoms with E-state index in [-0.39, 0.29) is 17.8 Å². The molecule has 2 N–H and O–H groups in total. The largest absolute Gasteiger partial charge is 0.494 e. The quantitative estimate of drug-likeness (QED) is 0.810. The minimum absolute atomic E-state index is 0.0868. The highest BCUT2D eigenvalue weighted by Crippen LogP contribution is 2.26. The maximum absolute atomic E-state index is 12.9. The Morgan fingerprint density at radius 3 is 2.69 bits per heavy atom. The zero-order chi connectivity index (χ0) is 12.2. The van der Waals surface area contributed by atoms with Gasteiger partial charge in [-0.05, 0) is 12.1 Å². The molecule has 0 fully saturated rings. The van der Waals surface area contributed by atoms with Gasteiger partial charge in [0.2, 0.25) is 0 Å². The number of halogens is 1. The highest BCUT2D eigenvalue weighted by molar-refractivity contribution is 5.56. The number of hydrogen-bond donors (Lipinski definition) is 2. The van der Waals surface area contributed by atoms with Gasteiger partial charge in [-0.25, -0.2) is 4.39 Å². The topological polar surface area (TPSA) is 41.5 Å². The number of rotatable bonds is 5. The normalized spacial score (nSPS) is 11.3. The first kappa shape index (κ1) is 12.8. The molecule has 3 nitrogen and oxygen atoms in total. The molecule has 0 spiro atoms. The van der Waals surface area contributed by atoms with E-state index < -0.39 is 0 Å². The van der Waals surface area contributed by atoms with Crippen LogP contribution < -0.4 is 10.1 Å². The molecule has 0 aliphatic rings. The summed E-state index contributed by atoms with van der Waals surface area (Å²) in [6.45, 7) is 4.56. The van der Waals surface area contributed by atoms with Gasteiger partial charge in [-0.2, -0.15) is 0 Å². The molecule has 0 unspecified atom stereocenters. The van der Waals surface area contributed by atoms with Gasteiger partial charge in [0.25, 0.3) is 0 Å². The number of aliphatic hydroxyl groups excluding tert-OH is 1. The van der Waals surface area contributed by atoms with Crippen LogP contribution in [-0.2, 0) is 0 Å². The Labute approximate surface area is 95.2 Å². The highest BCUT2D eigenvalue weighted by atomic mass is 19.1. The van der Waals surface area contributed by atoms with Crippen LogP contribution in [0.3, 0.4) is 0 Å². The van der Waals surface area contributed by atoms with Crippen molar-refractivity contribution in [2.75, 3.05) is 25.6 Å². The number of nitrogens with one attached hydrogen (secondary N) is 1. The van der Waals surface area contributed by atoms with E-state index in [1.54, 1.807) is 6.07 Å². The second kappa shape index (κ2) is 5.16. The van der Waals surface area contributed by atoms with Gasteiger partial charge in [0, 0.05) is 24.6 Å². The maximum Gasteiger partial charge on any atom is 0.144 e. The van der Waals surface area contributed by atoms with Crippen LogP contribution in [0.1, 0.15) is 13.8 Å². The molecule has 0 saturated carbocycles. The molecule has 16 heavy (non-hydrogen) atoms. The third-order valence-corrected chi connectivity index (χ3v) is 2.35. The molecule has 90 valence electrons. The summed E-state index contributed by atoms with van der Waals surface area (Å²) in [6, 6.07) is 4.33. The minimum Gasteiger partial charge on any atom is -0.494 e. The first-order chi connectivity index (χ1) is 7.48. The minimum atomic E-state index is -0.330. The van der Waals surface area contributed by atoms with Crippen molar-refractivity contribution in [2.45, 2.75) is 13.8 Å². The van der Waals surface area contributed by atoms with Crippen LogP contribution in [-0.4, -0.2) is 25.4 Å². The van der Waals surface area contributed by atoms with Gasteiger partial charge < -0.3 is 15.2 Å². The van der Waals surface area contributed by atoms with Crippen LogP contribution in [0.25, 0.3) is 0 Å². The van der Waals surface area contributed by atoms with Gasteiger partial charge in [-0.15, -0.1) is 0 Å². The highest BCUT2D eigenvalue weighted by Gasteiger charge is 2.16. The summed E-state index contributed by atoms with van der Waals surface area (Å²) in [4.78, 5) is 0. The predicted molar refractivity (Wildman–Crippen MR) is 62.3 cm³/mol. The van der Waals surface area contributed by atoms with E-state index in [4.69, 9.17) is 9.84 Å². The predicted octanol–water partition coefficient (Wildman–Crippen LogP) is 2.26. The monoisotopic (exact) mass is 227 g/mol. The molecule has 0 bridgehead atoms. The van der Waals surface area contributed by atoms with E-state index in [0.29, 0.717) is 12.3 Å². The standard InChI is InChI=1S/C12H18FNO2/c1-12(2,8-15)7-14-10-5-4-9(13)6-11(10)16-3/h4-6,14-15H,7-8H2,1-3H3. The molecule has 1 aromatic carbocycles. The van der Waals surface area contributed by atoms with E-state index in [9.17, 15) is 4.39 Å². The van der Waals surface area contributed by atoms with Gasteiger partial charge >= 0.3 is 0 Å². The fourth-order valence-corrected chi connectivity index (χ4v) is 1.20. The number of aliphatic hydroxyl groups is 1. The lowest BCUT2D eigenvalue weighted by Crippen LogP contribution is -2.26. The molecule has 0 heterocycles. The lowest BCUT2D eigenvalue weighted by atomic mass is 9.95. The van der Waals surface area contributed by atoms with E-state index in [1.807, 2.05) is 13.8 Å². The van der Waals surface area contributed by atoms with Crippen LogP contribution in [0.5, 0.6) is 5.75 Å². The van der Waals surface area contributed by atoms with Crippen molar-refractivity contribution < 1.29 is 14.2 Å². The Kier molecular flexibility index (Phi) is 4.12. The van der Waals surface area contributed by atoms with Gasteiger partial charge in [0.1, 0.15) is 11.6 Å². The van der Waals surface area contributed by atoms with E-state index in [0.717, 1.165) is 5.69 Å². The lowest BCUT2D eigenvalue weighted by Gasteiger charge is -2.23. The fraction of sp³-hybridized carbons (Fsp3) is 0.500. The van der Waals surface area contributed by atoms with Crippen molar-refractivity contribution in [1.29, 1.82) is 0 Å². The van der Waals surface area contributed by atoms with Crippen molar-refractivity contribution in [3.05, 3.63) is 24.0 Å². The first-order valence-electron chi connectivity index (χ1n) is 5.17. The smallest absolute Gasteiger partial charge is 0.144 e. The van der Waals surface area contributed by atoms with Crippen LogP contribution in [0.15, 0.2) is 18.2 Å². The number of ether oxygens (including phenoxy) is 1. The zero-order valence-corrected chi connectivity index (χ0v) is 9.88. The van der Waals surface area contributed by atoms with E-state index in [1.165, 1.54) is 19.2 Å². The molecular weight excluding hydrogens is 209 g/mol. The lowest BCUT2D eigenvalue weighted by molar-refractivity contribution is 0.170. The van der Waals surface area contributed by atoms with Crippen molar-refractivity contribution in [3.8, 4) is 5.75 Å². The molecular formula is C12H18FNO2. The Balaban J connectivity index is 2.74. The SMILES string of the molecule is COc1cc(F)ccc1NCC(C)(C)CO. The summed E-state index contributed by atoms with van der Waals surface area (Å²) >= 11 is 0. The van der Waals surface area contributed by atoms with Gasteiger partial charge in [0.05, 0.1) is 12.8 Å². The molecule has 0 radical (unpaired) electrons. The average molecular weight is 227 g/mol. The van der Waals surface area contributed by atoms with Crippen LogP contribution in [0.2, 0.25) is 0 Å². The van der Waals surface area contributed by atoms with Crippen LogP contribution in [0, 0.1) is 11.2 Å². The molecule has 1 aromatic rings. The summed E-state index contributed by atoms with van der Waals surface area (Å²) in [5.41, 5.74) is 0.504. The molecule has 0 aliphatic carbocycles. The fourth-order valence-electron chi connectivity index (χ4n) is 1.20. The first-order valence-corrected chi connectivity index (χ1v) is 5.17. The Morgan fingerprint density at radius 1 is 1.44 bits per heavy atom. The molecule has 1 rings (SSSR count). The number of anilines is 1. The summed E-state index contributed by atoms with van der Waals surface area (Å²) < 4.78 is 18.0. The Bertz CT molecular complexity index is 353. The van der Waals surface area contributed by atoms with E-state index in [2.05, 4.69) is 5.32 Å². The van der Waals surface area contributed by atoms with Gasteiger partial charge in [0.15, 0.2) is 0 Å². The van der Waals surface area contributed by atoms with Crippen LogP contribution in [0.4, 0.5) is 10.1 Å². The zero-order valence-electron chi connectivity index (χ0n) is 9.88. The van der Waals surface area contributed by atoms with Crippen molar-refractivity contribution >= 4 is 5.69 Å². The van der Waals surface area contributed by atoms with Crippen LogP contribution >= 0.6 is 0 Å². The summed E-state index contributed by atoms with van der Waals surface area (Å²) in [5, 5.41) is 12.2. The second-order valence-corrected chi connectivity index (χ2v) is 4.52. The second-order valence-electron chi connectivity index (χ2n) is 4.52. The molecule has 0 amide bonds. The molecule has 0 atom stereocenters. The summed E-state index contributed by atoms with van der Waals surface area (Å²) in [7, 11) is 1.50. The van der Waals surface area contributed by atoms with E-state index >= 15 is 0 Å². The molecule has 0 aliphatic heterocycles. The van der Waals surface area contributed by atoms with Gasteiger partial charge in [-0.1, -0.05) is 13.8 Å². The molecule has 0 aromatic heterocycles. The van der Waals surface area contributed by atoms with Gasteiger partial charge in [-0.3, -0.25) is 0 Å². The number of benzene rings is 1. The summed E-state index contributed by atoms with van der Waals surface area (Å²) in [5.74, 6) is 0.137. The number of hydrogen-bond acceptors (Lipinski definition) is 3. The van der Waals surface area contributed by atoms with Crippen molar-refractivity contribution in [2.24, 2.45) is 5.41 Å². The Hall–Kier alpha value is -1.29. The Morgan fingerprint density at radius 2 is 2.12 bits per heavy atom. The third-order valence-electron chi connectivity index (χ3n) is 2.35. The maximum atomic E-state index is 12.9. The summed E-state index contributed by atoms with van der Waals surface area (Å²) in [6.07, 6.45) is 0. The van der Waals surface area contributed by atoms with Crippen molar-refractivity contribution in [1.82, 2.24) is 0 Å². The van der Waals surface area contributed by atoms with Crippen molar-refractivity contribution in [3.63, 3.8) is 0 Å². The molecule has 0 saturated heterocycles.